The fourth-order valence-electron chi connectivity index (χ4n) is 1.55. The fraction of sp³-hybridized carbons (Fsp3) is 0.500. The third-order valence-electron chi connectivity index (χ3n) is 2.82. The summed E-state index contributed by atoms with van der Waals surface area (Å²) in [5.41, 5.74) is -1.06. The molecule has 1 rings (SSSR count). The molecule has 0 radical (unpaired) electrons. The minimum Gasteiger partial charge on any atom is -0.215 e. The van der Waals surface area contributed by atoms with E-state index in [1.54, 1.807) is 0 Å². The maximum atomic E-state index is 12.6. The quantitative estimate of drug-likeness (QED) is 0.671. The molecule has 6 nitrogen and oxygen atoms in total. The van der Waals surface area contributed by atoms with Gasteiger partial charge >= 0.3 is 6.18 Å². The van der Waals surface area contributed by atoms with E-state index < -0.39 is 36.7 Å². The molecule has 0 amide bonds. The Kier molecular flexibility index (Phi) is 6.57. The van der Waals surface area contributed by atoms with Crippen LogP contribution in [0.15, 0.2) is 29.2 Å². The van der Waals surface area contributed by atoms with E-state index >= 15 is 0 Å². The van der Waals surface area contributed by atoms with Crippen molar-refractivity contribution in [1.82, 2.24) is 9.44 Å². The molecule has 0 fully saturated rings. The first-order valence-corrected chi connectivity index (χ1v) is 9.76. The van der Waals surface area contributed by atoms with E-state index in [4.69, 9.17) is 0 Å². The minimum atomic E-state index is -4.63. The molecule has 2 N–H and O–H groups in total. The zero-order valence-corrected chi connectivity index (χ0v) is 13.9. The van der Waals surface area contributed by atoms with Gasteiger partial charge in [-0.05, 0) is 31.5 Å². The van der Waals surface area contributed by atoms with Crippen molar-refractivity contribution >= 4 is 20.0 Å². The summed E-state index contributed by atoms with van der Waals surface area (Å²) in [4.78, 5) is -0.499. The molecule has 0 saturated carbocycles. The van der Waals surface area contributed by atoms with Gasteiger partial charge in [0.25, 0.3) is 0 Å². The van der Waals surface area contributed by atoms with Crippen LogP contribution >= 0.6 is 0 Å². The second-order valence-corrected chi connectivity index (χ2v) is 8.44. The summed E-state index contributed by atoms with van der Waals surface area (Å²) >= 11 is 0. The Labute approximate surface area is 133 Å². The number of rotatable bonds is 8. The summed E-state index contributed by atoms with van der Waals surface area (Å²) in [6.07, 6.45) is -4.47. The van der Waals surface area contributed by atoms with E-state index in [9.17, 15) is 30.0 Å². The SMILES string of the molecule is CCS(=O)(=O)NCCCNS(=O)(=O)c1cccc(C(F)(F)F)c1. The molecule has 0 heterocycles. The summed E-state index contributed by atoms with van der Waals surface area (Å²) < 4.78 is 88.2. The van der Waals surface area contributed by atoms with Crippen molar-refractivity contribution < 1.29 is 30.0 Å². The molecule has 0 saturated heterocycles. The lowest BCUT2D eigenvalue weighted by Gasteiger charge is -2.10. The van der Waals surface area contributed by atoms with Crippen molar-refractivity contribution in [2.24, 2.45) is 0 Å². The maximum Gasteiger partial charge on any atom is 0.416 e. The van der Waals surface area contributed by atoms with Crippen LogP contribution in [0.2, 0.25) is 0 Å². The van der Waals surface area contributed by atoms with Crippen LogP contribution in [0.3, 0.4) is 0 Å². The van der Waals surface area contributed by atoms with E-state index in [0.29, 0.717) is 6.07 Å². The molecule has 0 aliphatic heterocycles. The summed E-state index contributed by atoms with van der Waals surface area (Å²) in [7, 11) is -7.45. The van der Waals surface area contributed by atoms with Gasteiger partial charge in [-0.1, -0.05) is 6.07 Å². The Morgan fingerprint density at radius 2 is 1.65 bits per heavy atom. The molecule has 0 spiro atoms. The second-order valence-electron chi connectivity index (χ2n) is 4.57. The Morgan fingerprint density at radius 1 is 1.04 bits per heavy atom. The Hall–Kier alpha value is -1.17. The van der Waals surface area contributed by atoms with Crippen LogP contribution in [-0.2, 0) is 26.2 Å². The van der Waals surface area contributed by atoms with Crippen molar-refractivity contribution in [3.8, 4) is 0 Å². The summed E-state index contributed by atoms with van der Waals surface area (Å²) in [5.74, 6) is -0.0943. The zero-order valence-electron chi connectivity index (χ0n) is 12.2. The first kappa shape index (κ1) is 19.9. The average molecular weight is 374 g/mol. The Morgan fingerprint density at radius 3 is 2.22 bits per heavy atom. The first-order valence-electron chi connectivity index (χ1n) is 6.62. The van der Waals surface area contributed by atoms with E-state index in [1.165, 1.54) is 6.92 Å². The molecule has 11 heteroatoms. The largest absolute Gasteiger partial charge is 0.416 e. The molecule has 132 valence electrons. The lowest BCUT2D eigenvalue weighted by Crippen LogP contribution is -2.30. The number of sulfonamides is 2. The number of hydrogen-bond acceptors (Lipinski definition) is 4. The van der Waals surface area contributed by atoms with Crippen molar-refractivity contribution in [2.75, 3.05) is 18.8 Å². The third-order valence-corrected chi connectivity index (χ3v) is 5.68. The number of hydrogen-bond donors (Lipinski definition) is 2. The molecule has 0 aromatic heterocycles. The van der Waals surface area contributed by atoms with Gasteiger partial charge in [-0.15, -0.1) is 0 Å². The molecule has 0 aliphatic carbocycles. The van der Waals surface area contributed by atoms with Gasteiger partial charge in [0, 0.05) is 13.1 Å². The molecule has 1 aromatic rings. The molecule has 1 aromatic carbocycles. The third kappa shape index (κ3) is 6.45. The van der Waals surface area contributed by atoms with Gasteiger partial charge in [0.15, 0.2) is 0 Å². The highest BCUT2D eigenvalue weighted by Crippen LogP contribution is 2.30. The number of halogens is 3. The van der Waals surface area contributed by atoms with Crippen LogP contribution in [0.4, 0.5) is 13.2 Å². The van der Waals surface area contributed by atoms with Gasteiger partial charge in [0.1, 0.15) is 0 Å². The topological polar surface area (TPSA) is 92.3 Å². The standard InChI is InChI=1S/C12H17F3N2O4S2/c1-2-22(18,19)16-7-4-8-17-23(20,21)11-6-3-5-10(9-11)12(13,14)15/h3,5-6,9,16-17H,2,4,7-8H2,1H3. The van der Waals surface area contributed by atoms with Gasteiger partial charge in [-0.2, -0.15) is 13.2 Å². The normalized spacial score (nSPS) is 13.2. The predicted molar refractivity (Wildman–Crippen MR) is 78.7 cm³/mol. The molecular weight excluding hydrogens is 357 g/mol. The number of nitrogens with one attached hydrogen (secondary N) is 2. The monoisotopic (exact) mass is 374 g/mol. The van der Waals surface area contributed by atoms with Crippen LogP contribution in [0.1, 0.15) is 18.9 Å². The van der Waals surface area contributed by atoms with Crippen molar-refractivity contribution in [3.63, 3.8) is 0 Å². The highest BCUT2D eigenvalue weighted by Gasteiger charge is 2.31. The summed E-state index contributed by atoms with van der Waals surface area (Å²) in [5, 5.41) is 0. The van der Waals surface area contributed by atoms with Crippen LogP contribution in [0.5, 0.6) is 0 Å². The molecule has 23 heavy (non-hydrogen) atoms. The van der Waals surface area contributed by atoms with E-state index in [0.717, 1.165) is 18.2 Å². The molecule has 0 aliphatic rings. The average Bonchev–Trinajstić information content (AvgIpc) is 2.46. The molecule has 0 atom stereocenters. The van der Waals surface area contributed by atoms with Crippen LogP contribution in [0.25, 0.3) is 0 Å². The first-order chi connectivity index (χ1) is 10.5. The molecular formula is C12H17F3N2O4S2. The van der Waals surface area contributed by atoms with Crippen LogP contribution < -0.4 is 9.44 Å². The lowest BCUT2D eigenvalue weighted by molar-refractivity contribution is -0.137. The molecule has 0 bridgehead atoms. The van der Waals surface area contributed by atoms with Crippen molar-refractivity contribution in [1.29, 1.82) is 0 Å². The second kappa shape index (κ2) is 7.60. The highest BCUT2D eigenvalue weighted by molar-refractivity contribution is 7.89. The van der Waals surface area contributed by atoms with E-state index in [-0.39, 0.29) is 25.3 Å². The van der Waals surface area contributed by atoms with E-state index in [1.807, 2.05) is 0 Å². The van der Waals surface area contributed by atoms with Gasteiger partial charge in [0.2, 0.25) is 20.0 Å². The lowest BCUT2D eigenvalue weighted by atomic mass is 10.2. The van der Waals surface area contributed by atoms with Gasteiger partial charge in [0.05, 0.1) is 16.2 Å². The maximum absolute atomic E-state index is 12.6. The Balaban J connectivity index is 2.64. The van der Waals surface area contributed by atoms with Crippen molar-refractivity contribution in [2.45, 2.75) is 24.4 Å². The number of alkyl halides is 3. The smallest absolute Gasteiger partial charge is 0.215 e. The summed E-state index contributed by atoms with van der Waals surface area (Å²) in [6, 6.07) is 3.38. The fourth-order valence-corrected chi connectivity index (χ4v) is 3.33. The van der Waals surface area contributed by atoms with Crippen molar-refractivity contribution in [3.05, 3.63) is 29.8 Å². The van der Waals surface area contributed by atoms with E-state index in [2.05, 4.69) is 9.44 Å². The minimum absolute atomic E-state index is 0.0291. The molecule has 0 unspecified atom stereocenters. The predicted octanol–water partition coefficient (Wildman–Crippen LogP) is 1.31. The Bertz CT molecular complexity index is 731. The van der Waals surface area contributed by atoms with Gasteiger partial charge in [-0.25, -0.2) is 26.3 Å². The zero-order chi connectivity index (χ0) is 17.7. The number of benzene rings is 1. The van der Waals surface area contributed by atoms with Crippen LogP contribution in [-0.4, -0.2) is 35.7 Å². The van der Waals surface area contributed by atoms with Gasteiger partial charge in [-0.3, -0.25) is 0 Å². The summed E-state index contributed by atoms with van der Waals surface area (Å²) in [6.45, 7) is 1.38. The van der Waals surface area contributed by atoms with Gasteiger partial charge < -0.3 is 0 Å². The highest BCUT2D eigenvalue weighted by atomic mass is 32.2. The van der Waals surface area contributed by atoms with Crippen LogP contribution in [0, 0.1) is 0 Å².